The van der Waals surface area contributed by atoms with E-state index in [1.165, 1.54) is 12.1 Å². The molecule has 6 heteroatoms. The van der Waals surface area contributed by atoms with E-state index < -0.39 is 29.0 Å². The number of aryl methyl sites for hydroxylation is 1. The minimum Gasteiger partial charge on any atom is -0.505 e. The van der Waals surface area contributed by atoms with E-state index >= 15 is 0 Å². The number of phenols is 1. The first-order chi connectivity index (χ1) is 13.9. The van der Waals surface area contributed by atoms with Gasteiger partial charge in [-0.1, -0.05) is 32.0 Å². The molecule has 0 bridgehead atoms. The van der Waals surface area contributed by atoms with Crippen molar-refractivity contribution >= 4 is 5.97 Å². The number of halogens is 2. The molecule has 29 heavy (non-hydrogen) atoms. The Morgan fingerprint density at radius 2 is 1.52 bits per heavy atom. The third-order valence-electron chi connectivity index (χ3n) is 5.06. The van der Waals surface area contributed by atoms with Crippen LogP contribution in [0.3, 0.4) is 0 Å². The Bertz CT molecular complexity index is 1100. The monoisotopic (exact) mass is 396 g/mol. The van der Waals surface area contributed by atoms with Gasteiger partial charge in [0.25, 0.3) is 0 Å². The van der Waals surface area contributed by atoms with E-state index in [4.69, 9.17) is 9.47 Å². The first-order valence-corrected chi connectivity index (χ1v) is 9.26. The summed E-state index contributed by atoms with van der Waals surface area (Å²) in [5.74, 6) is -2.18. The number of esters is 1. The number of aromatic hydroxyl groups is 1. The minimum absolute atomic E-state index is 0.136. The molecule has 5 rings (SSSR count). The van der Waals surface area contributed by atoms with Gasteiger partial charge >= 0.3 is 5.97 Å². The molecule has 0 aromatic heterocycles. The van der Waals surface area contributed by atoms with Crippen LogP contribution >= 0.6 is 0 Å². The summed E-state index contributed by atoms with van der Waals surface area (Å²) in [6.07, 6.45) is 0. The van der Waals surface area contributed by atoms with Crippen molar-refractivity contribution in [2.45, 2.75) is 26.4 Å². The number of phenolic OH excluding ortho intramolecular Hbond substituents is 1. The van der Waals surface area contributed by atoms with E-state index in [9.17, 15) is 18.7 Å². The summed E-state index contributed by atoms with van der Waals surface area (Å²) < 4.78 is 40.2. The van der Waals surface area contributed by atoms with Crippen molar-refractivity contribution in [3.05, 3.63) is 88.0 Å². The summed E-state index contributed by atoms with van der Waals surface area (Å²) in [5, 5.41) is 9.78. The smallest absolute Gasteiger partial charge is 0.340 e. The van der Waals surface area contributed by atoms with Gasteiger partial charge in [-0.25, -0.2) is 13.6 Å². The van der Waals surface area contributed by atoms with E-state index in [1.54, 1.807) is 31.2 Å². The zero-order valence-electron chi connectivity index (χ0n) is 16.0. The van der Waals surface area contributed by atoms with Crippen LogP contribution in [0.5, 0.6) is 17.2 Å². The standard InChI is InChI=1S/C21H12F2O4.C2H6/c1-10-6-18-13(7-15(10)22)21(12-5-3-2-4-11(12)20(25)27-21)14-8-16(23)17(24)9-19(14)26-18;1-2/h2-9,24H,1H3;1-2H3. The van der Waals surface area contributed by atoms with Crippen LogP contribution in [0.1, 0.15) is 46.5 Å². The van der Waals surface area contributed by atoms with Crippen LogP contribution in [0.15, 0.2) is 48.5 Å². The predicted octanol–water partition coefficient (Wildman–Crippen LogP) is 5.57. The fourth-order valence-electron chi connectivity index (χ4n) is 3.80. The van der Waals surface area contributed by atoms with Crippen molar-refractivity contribution in [2.75, 3.05) is 0 Å². The van der Waals surface area contributed by atoms with E-state index in [1.807, 2.05) is 13.8 Å². The number of hydrogen-bond acceptors (Lipinski definition) is 4. The topological polar surface area (TPSA) is 55.8 Å². The molecule has 4 nitrogen and oxygen atoms in total. The van der Waals surface area contributed by atoms with Crippen molar-refractivity contribution in [3.63, 3.8) is 0 Å². The zero-order valence-corrected chi connectivity index (χ0v) is 16.0. The Labute approximate surface area is 166 Å². The maximum atomic E-state index is 14.4. The number of ether oxygens (including phenoxy) is 2. The van der Waals surface area contributed by atoms with Crippen LogP contribution in [0.4, 0.5) is 8.78 Å². The van der Waals surface area contributed by atoms with Crippen LogP contribution in [-0.2, 0) is 10.3 Å². The highest BCUT2D eigenvalue weighted by Crippen LogP contribution is 2.57. The molecule has 2 aliphatic heterocycles. The SMILES string of the molecule is CC.Cc1cc2c(cc1F)C1(OC(=O)c3ccccc31)c1cc(F)c(O)cc1O2. The number of fused-ring (bicyclic) bond motifs is 6. The lowest BCUT2D eigenvalue weighted by Crippen LogP contribution is -2.33. The third kappa shape index (κ3) is 2.52. The predicted molar refractivity (Wildman–Crippen MR) is 102 cm³/mol. The van der Waals surface area contributed by atoms with Crippen molar-refractivity contribution in [1.82, 2.24) is 0 Å². The van der Waals surface area contributed by atoms with Crippen molar-refractivity contribution in [1.29, 1.82) is 0 Å². The summed E-state index contributed by atoms with van der Waals surface area (Å²) in [5.41, 5.74) is 0.0178. The maximum absolute atomic E-state index is 14.4. The average molecular weight is 396 g/mol. The third-order valence-corrected chi connectivity index (χ3v) is 5.06. The quantitative estimate of drug-likeness (QED) is 0.505. The molecule has 0 saturated carbocycles. The molecule has 148 valence electrons. The van der Waals surface area contributed by atoms with Crippen LogP contribution < -0.4 is 4.74 Å². The lowest BCUT2D eigenvalue weighted by Gasteiger charge is -2.36. The molecular weight excluding hydrogens is 378 g/mol. The summed E-state index contributed by atoms with van der Waals surface area (Å²) in [6.45, 7) is 5.58. The first-order valence-electron chi connectivity index (χ1n) is 9.26. The number of benzene rings is 3. The van der Waals surface area contributed by atoms with Gasteiger partial charge in [0.15, 0.2) is 17.2 Å². The second-order valence-electron chi connectivity index (χ2n) is 6.62. The molecule has 0 radical (unpaired) electrons. The second kappa shape index (κ2) is 6.58. The van der Waals surface area contributed by atoms with Gasteiger partial charge in [-0.15, -0.1) is 0 Å². The number of hydrogen-bond donors (Lipinski definition) is 1. The molecule has 0 aliphatic carbocycles. The molecule has 1 N–H and O–H groups in total. The highest BCUT2D eigenvalue weighted by molar-refractivity contribution is 5.97. The molecule has 0 saturated heterocycles. The molecular formula is C23H18F2O4. The molecule has 1 atom stereocenters. The van der Waals surface area contributed by atoms with Gasteiger partial charge in [0.1, 0.15) is 17.3 Å². The van der Waals surface area contributed by atoms with Gasteiger partial charge in [0.05, 0.1) is 16.7 Å². The largest absolute Gasteiger partial charge is 0.505 e. The molecule has 1 unspecified atom stereocenters. The minimum atomic E-state index is -1.56. The molecule has 2 aliphatic rings. The van der Waals surface area contributed by atoms with Crippen LogP contribution in [-0.4, -0.2) is 11.1 Å². The molecule has 2 heterocycles. The zero-order chi connectivity index (χ0) is 20.9. The van der Waals surface area contributed by atoms with E-state index in [-0.39, 0.29) is 22.6 Å². The lowest BCUT2D eigenvalue weighted by atomic mass is 9.77. The Morgan fingerprint density at radius 3 is 2.24 bits per heavy atom. The Morgan fingerprint density at radius 1 is 0.897 bits per heavy atom. The van der Waals surface area contributed by atoms with Crippen LogP contribution in [0.25, 0.3) is 0 Å². The molecule has 0 fully saturated rings. The maximum Gasteiger partial charge on any atom is 0.340 e. The van der Waals surface area contributed by atoms with Gasteiger partial charge in [-0.3, -0.25) is 0 Å². The van der Waals surface area contributed by atoms with Gasteiger partial charge in [0.2, 0.25) is 0 Å². The van der Waals surface area contributed by atoms with E-state index in [0.717, 1.165) is 12.1 Å². The van der Waals surface area contributed by atoms with Crippen molar-refractivity contribution in [2.24, 2.45) is 0 Å². The fraction of sp³-hybridized carbons (Fsp3) is 0.174. The van der Waals surface area contributed by atoms with Gasteiger partial charge in [-0.2, -0.15) is 0 Å². The van der Waals surface area contributed by atoms with Crippen LogP contribution in [0, 0.1) is 18.6 Å². The molecule has 3 aromatic rings. The highest BCUT2D eigenvalue weighted by Gasteiger charge is 2.54. The molecule has 0 amide bonds. The molecule has 3 aromatic carbocycles. The normalized spacial score (nSPS) is 18.0. The fourth-order valence-corrected chi connectivity index (χ4v) is 3.80. The summed E-state index contributed by atoms with van der Waals surface area (Å²) in [4.78, 5) is 12.6. The number of carbonyl (C=O) groups is 1. The number of rotatable bonds is 0. The van der Waals surface area contributed by atoms with E-state index in [2.05, 4.69) is 0 Å². The van der Waals surface area contributed by atoms with E-state index in [0.29, 0.717) is 16.7 Å². The number of carbonyl (C=O) groups excluding carboxylic acids is 1. The lowest BCUT2D eigenvalue weighted by molar-refractivity contribution is 0.0222. The van der Waals surface area contributed by atoms with Gasteiger partial charge < -0.3 is 14.6 Å². The Balaban J connectivity index is 0.000000994. The average Bonchev–Trinajstić information content (AvgIpc) is 3.01. The Kier molecular flexibility index (Phi) is 4.30. The van der Waals surface area contributed by atoms with Gasteiger partial charge in [-0.05, 0) is 36.8 Å². The summed E-state index contributed by atoms with van der Waals surface area (Å²) in [6, 6.07) is 11.6. The van der Waals surface area contributed by atoms with Crippen LogP contribution in [0.2, 0.25) is 0 Å². The summed E-state index contributed by atoms with van der Waals surface area (Å²) in [7, 11) is 0. The molecule has 1 spiro atoms. The first kappa shape index (κ1) is 18.9. The van der Waals surface area contributed by atoms with Gasteiger partial charge in [0, 0.05) is 11.6 Å². The highest BCUT2D eigenvalue weighted by atomic mass is 19.1. The van der Waals surface area contributed by atoms with Crippen molar-refractivity contribution in [3.8, 4) is 17.2 Å². The summed E-state index contributed by atoms with van der Waals surface area (Å²) >= 11 is 0. The second-order valence-corrected chi connectivity index (χ2v) is 6.62. The Hall–Kier alpha value is -3.41. The van der Waals surface area contributed by atoms with Crippen molar-refractivity contribution < 1.29 is 28.2 Å².